The second-order valence-electron chi connectivity index (χ2n) is 13.1. The molecule has 24 nitrogen and oxygen atoms in total. The Morgan fingerprint density at radius 1 is 1.05 bits per heavy atom. The summed E-state index contributed by atoms with van der Waals surface area (Å²) in [7, 11) is -16.4. The molecule has 28 heteroatoms. The summed E-state index contributed by atoms with van der Waals surface area (Å²) in [4.78, 5) is 88.0. The van der Waals surface area contributed by atoms with E-state index in [-0.39, 0.29) is 41.6 Å². The third-order valence-electron chi connectivity index (χ3n) is 7.99. The first-order chi connectivity index (χ1) is 26.5. The molecule has 2 amide bonds. The quantitative estimate of drug-likeness (QED) is 0.0543. The smallest absolute Gasteiger partial charge is 0.386 e. The normalized spacial score (nSPS) is 21.4. The van der Waals surface area contributed by atoms with Gasteiger partial charge in [-0.2, -0.15) is 4.31 Å². The van der Waals surface area contributed by atoms with Crippen LogP contribution in [0.15, 0.2) is 36.9 Å². The molecule has 316 valence electrons. The number of nitrogens with two attached hydrogens (primary N) is 1. The first-order valence-corrected chi connectivity index (χ1v) is 22.1. The van der Waals surface area contributed by atoms with Crippen molar-refractivity contribution in [1.82, 2.24) is 30.2 Å². The number of fused-ring (bicyclic) bond motifs is 1. The number of ether oxygens (including phenoxy) is 1. The first-order valence-electron chi connectivity index (χ1n) is 16.6. The van der Waals surface area contributed by atoms with Crippen LogP contribution in [-0.2, 0) is 45.9 Å². The van der Waals surface area contributed by atoms with Gasteiger partial charge < -0.3 is 50.9 Å². The number of thioether (sulfide) groups is 1. The lowest BCUT2D eigenvalue weighted by molar-refractivity contribution is -0.137. The molecule has 0 bridgehead atoms. The molecule has 1 fully saturated rings. The van der Waals surface area contributed by atoms with E-state index in [1.165, 1.54) is 13.8 Å². The fourth-order valence-electron chi connectivity index (χ4n) is 5.13. The summed E-state index contributed by atoms with van der Waals surface area (Å²) in [6.07, 6.45) is -6.94. The van der Waals surface area contributed by atoms with E-state index in [9.17, 15) is 57.9 Å². The van der Waals surface area contributed by atoms with Crippen molar-refractivity contribution < 1.29 is 80.5 Å². The number of nitrogen functional groups attached to an aromatic ring is 1. The maximum Gasteiger partial charge on any atom is 0.481 e. The Bertz CT molecular complexity index is 2070. The number of rotatable bonds is 20. The Morgan fingerprint density at radius 3 is 2.44 bits per heavy atom. The highest BCUT2D eigenvalue weighted by Crippen LogP contribution is 2.61. The highest BCUT2D eigenvalue weighted by atomic mass is 32.2. The molecule has 2 aromatic heterocycles. The van der Waals surface area contributed by atoms with E-state index in [2.05, 4.69) is 34.4 Å². The minimum atomic E-state index is -5.57. The number of aryl methyl sites for hydroxylation is 1. The first kappa shape index (κ1) is 46.5. The SMILES string of the molecule is Cc1cccc(C(=O)SCCNC(=O)CCNC(=O)[C@H](O)C(C)(C)COP(=O)(O)OP(=O)(O)OC[C@H]2O[C@@H](n3cnc4c(N)ncnc43)[C@H](O)[C@@H]2OP(=O)(O)O)c1. The number of nitrogens with one attached hydrogen (secondary N) is 2. The number of anilines is 1. The van der Waals surface area contributed by atoms with Gasteiger partial charge in [0.05, 0.1) is 19.5 Å². The molecule has 1 aliphatic heterocycles. The number of amides is 2. The van der Waals surface area contributed by atoms with Crippen LogP contribution in [0.25, 0.3) is 11.2 Å². The number of carbonyl (C=O) groups excluding carboxylic acids is 3. The van der Waals surface area contributed by atoms with E-state index >= 15 is 0 Å². The Kier molecular flexibility index (Phi) is 15.7. The van der Waals surface area contributed by atoms with Crippen LogP contribution in [0.5, 0.6) is 0 Å². The van der Waals surface area contributed by atoms with Gasteiger partial charge in [0.1, 0.15) is 36.3 Å². The summed E-state index contributed by atoms with van der Waals surface area (Å²) in [6, 6.07) is 7.07. The van der Waals surface area contributed by atoms with E-state index in [0.717, 1.165) is 34.5 Å². The van der Waals surface area contributed by atoms with Crippen molar-refractivity contribution in [2.75, 3.05) is 37.8 Å². The van der Waals surface area contributed by atoms with Crippen LogP contribution in [0.1, 0.15) is 42.4 Å². The van der Waals surface area contributed by atoms with Crippen molar-refractivity contribution in [3.63, 3.8) is 0 Å². The van der Waals surface area contributed by atoms with E-state index in [0.29, 0.717) is 11.3 Å². The number of hydrogen-bond donors (Lipinski definition) is 9. The lowest BCUT2D eigenvalue weighted by Crippen LogP contribution is -2.46. The van der Waals surface area contributed by atoms with Gasteiger partial charge in [-0.3, -0.25) is 32.5 Å². The molecular formula is C29H42N7O17P3S. The number of imidazole rings is 1. The van der Waals surface area contributed by atoms with Gasteiger partial charge in [-0.15, -0.1) is 0 Å². The van der Waals surface area contributed by atoms with E-state index in [1.807, 2.05) is 13.0 Å². The average molecular weight is 886 g/mol. The van der Waals surface area contributed by atoms with Gasteiger partial charge in [0.25, 0.3) is 0 Å². The van der Waals surface area contributed by atoms with Gasteiger partial charge in [0, 0.05) is 36.2 Å². The molecule has 3 aromatic rings. The molecule has 0 spiro atoms. The van der Waals surface area contributed by atoms with E-state index in [4.69, 9.17) is 19.5 Å². The fourth-order valence-corrected chi connectivity index (χ4v) is 8.64. The highest BCUT2D eigenvalue weighted by Gasteiger charge is 2.50. The number of carbonyl (C=O) groups is 3. The summed E-state index contributed by atoms with van der Waals surface area (Å²) in [5.74, 6) is -1.17. The summed E-state index contributed by atoms with van der Waals surface area (Å²) in [5.41, 5.74) is 5.73. The lowest BCUT2D eigenvalue weighted by Gasteiger charge is -2.30. The minimum Gasteiger partial charge on any atom is -0.386 e. The summed E-state index contributed by atoms with van der Waals surface area (Å²) in [6.45, 7) is 2.31. The standard InChI is InChI=1S/C29H42N7O17P3S/c1-16-5-4-6-17(11-16)28(41)57-10-9-31-19(37)7-8-32-26(40)23(39)29(2,3)13-50-56(47,48)53-55(45,46)49-12-18-22(52-54(42,43)44)21(38)27(51-18)36-15-35-20-24(30)33-14-34-25(20)36/h4-6,11,14-15,18,21-23,27,38-39H,7-10,12-13H2,1-3H3,(H,31,37)(H,32,40)(H,45,46)(H,47,48)(H2,30,33,34)(H2,42,43,44)/t18-,21-,22-,23+,27-/m1/s1. The number of aliphatic hydroxyl groups excluding tert-OH is 2. The molecule has 0 saturated carbocycles. The van der Waals surface area contributed by atoms with Crippen molar-refractivity contribution in [2.45, 2.75) is 57.8 Å². The van der Waals surface area contributed by atoms with Gasteiger partial charge in [-0.25, -0.2) is 28.6 Å². The zero-order chi connectivity index (χ0) is 42.3. The molecule has 1 aromatic carbocycles. The maximum atomic E-state index is 12.7. The average Bonchev–Trinajstić information content (AvgIpc) is 3.68. The van der Waals surface area contributed by atoms with Crippen molar-refractivity contribution >= 4 is 69.1 Å². The summed E-state index contributed by atoms with van der Waals surface area (Å²) >= 11 is 1.03. The fraction of sp³-hybridized carbons (Fsp3) is 0.517. The molecule has 7 atom stereocenters. The van der Waals surface area contributed by atoms with Gasteiger partial charge in [-0.05, 0) is 13.0 Å². The maximum absolute atomic E-state index is 12.7. The predicted molar refractivity (Wildman–Crippen MR) is 198 cm³/mol. The number of aromatic nitrogens is 4. The number of nitrogens with zero attached hydrogens (tertiary/aromatic N) is 4. The number of aliphatic hydroxyl groups is 2. The molecule has 3 heterocycles. The second-order valence-corrected chi connectivity index (χ2v) is 18.4. The Balaban J connectivity index is 1.23. The predicted octanol–water partition coefficient (Wildman–Crippen LogP) is 0.287. The van der Waals surface area contributed by atoms with Crippen LogP contribution in [0, 0.1) is 12.3 Å². The van der Waals surface area contributed by atoms with Crippen LogP contribution < -0.4 is 16.4 Å². The van der Waals surface area contributed by atoms with E-state index in [1.54, 1.807) is 18.2 Å². The number of phosphoric ester groups is 3. The van der Waals surface area contributed by atoms with Gasteiger partial charge in [0.15, 0.2) is 17.7 Å². The van der Waals surface area contributed by atoms with Crippen LogP contribution >= 0.6 is 35.2 Å². The van der Waals surface area contributed by atoms with Gasteiger partial charge in [-0.1, -0.05) is 49.4 Å². The lowest BCUT2D eigenvalue weighted by atomic mass is 9.87. The Morgan fingerprint density at radius 2 is 1.75 bits per heavy atom. The summed E-state index contributed by atoms with van der Waals surface area (Å²) in [5, 5.41) is 26.3. The molecule has 1 aliphatic rings. The molecule has 10 N–H and O–H groups in total. The largest absolute Gasteiger partial charge is 0.481 e. The number of phosphoric acid groups is 3. The Labute approximate surface area is 328 Å². The van der Waals surface area contributed by atoms with Crippen LogP contribution in [0.2, 0.25) is 0 Å². The molecule has 57 heavy (non-hydrogen) atoms. The molecule has 2 unspecified atom stereocenters. The third kappa shape index (κ3) is 13.4. The van der Waals surface area contributed by atoms with Crippen LogP contribution in [0.3, 0.4) is 0 Å². The molecule has 0 radical (unpaired) electrons. The third-order valence-corrected chi connectivity index (χ3v) is 12.0. The summed E-state index contributed by atoms with van der Waals surface area (Å²) < 4.78 is 62.1. The zero-order valence-electron chi connectivity index (χ0n) is 30.4. The van der Waals surface area contributed by atoms with Crippen LogP contribution in [-0.4, -0.2) is 123 Å². The number of hydrogen-bond acceptors (Lipinski definition) is 18. The monoisotopic (exact) mass is 885 g/mol. The van der Waals surface area contributed by atoms with Gasteiger partial charge >= 0.3 is 23.5 Å². The zero-order valence-corrected chi connectivity index (χ0v) is 33.9. The van der Waals surface area contributed by atoms with Crippen LogP contribution in [0.4, 0.5) is 5.82 Å². The molecule has 0 aliphatic carbocycles. The highest BCUT2D eigenvalue weighted by molar-refractivity contribution is 8.14. The topological polar surface area (TPSA) is 364 Å². The Hall–Kier alpha value is -3.22. The van der Waals surface area contributed by atoms with Crippen molar-refractivity contribution in [2.24, 2.45) is 5.41 Å². The molecule has 1 saturated heterocycles. The van der Waals surface area contributed by atoms with Crippen molar-refractivity contribution in [3.8, 4) is 0 Å². The van der Waals surface area contributed by atoms with Gasteiger partial charge in [0.2, 0.25) is 16.9 Å². The van der Waals surface area contributed by atoms with Crippen molar-refractivity contribution in [3.05, 3.63) is 48.0 Å². The van der Waals surface area contributed by atoms with E-state index < -0.39 is 84.6 Å². The van der Waals surface area contributed by atoms with Crippen molar-refractivity contribution in [1.29, 1.82) is 0 Å². The minimum absolute atomic E-state index is 0.0292. The molecular weight excluding hydrogens is 843 g/mol. The number of benzene rings is 1. The second kappa shape index (κ2) is 19.2. The molecule has 4 rings (SSSR count).